The Hall–Kier alpha value is -2.34. The number of methoxy groups -OCH3 is 1. The maximum absolute atomic E-state index is 12.3. The van der Waals surface area contributed by atoms with Gasteiger partial charge in [0.1, 0.15) is 6.04 Å². The molecule has 0 saturated carbocycles. The van der Waals surface area contributed by atoms with Gasteiger partial charge in [0.25, 0.3) is 0 Å². The lowest BCUT2D eigenvalue weighted by molar-refractivity contribution is -0.151. The third kappa shape index (κ3) is 2.70. The van der Waals surface area contributed by atoms with Gasteiger partial charge in [-0.1, -0.05) is 25.1 Å². The number of carbonyl (C=O) groups is 2. The first-order valence-corrected chi connectivity index (χ1v) is 7.64. The van der Waals surface area contributed by atoms with Gasteiger partial charge in [0.15, 0.2) is 0 Å². The molecule has 0 aliphatic carbocycles. The number of benzene rings is 1. The van der Waals surface area contributed by atoms with Gasteiger partial charge in [-0.2, -0.15) is 0 Å². The van der Waals surface area contributed by atoms with E-state index in [0.29, 0.717) is 6.42 Å². The van der Waals surface area contributed by atoms with Crippen LogP contribution in [-0.4, -0.2) is 52.7 Å². The van der Waals surface area contributed by atoms with E-state index in [1.165, 1.54) is 12.0 Å². The van der Waals surface area contributed by atoms with Crippen LogP contribution < -0.4 is 0 Å². The Labute approximate surface area is 134 Å². The fourth-order valence-corrected chi connectivity index (χ4v) is 3.12. The number of nitrogens with one attached hydrogen (secondary N) is 1. The summed E-state index contributed by atoms with van der Waals surface area (Å²) in [7, 11) is 1.31. The molecule has 1 amide bonds. The normalized spacial score (nSPS) is 22.6. The Morgan fingerprint density at radius 3 is 2.87 bits per heavy atom. The number of rotatable bonds is 4. The summed E-state index contributed by atoms with van der Waals surface area (Å²) in [4.78, 5) is 29.1. The second kappa shape index (κ2) is 6.04. The van der Waals surface area contributed by atoms with E-state index in [4.69, 9.17) is 4.74 Å². The first kappa shape index (κ1) is 15.6. The fourth-order valence-electron chi connectivity index (χ4n) is 3.12. The Morgan fingerprint density at radius 2 is 2.22 bits per heavy atom. The summed E-state index contributed by atoms with van der Waals surface area (Å²) in [5.74, 6) is -1.18. The highest BCUT2D eigenvalue weighted by Gasteiger charge is 2.42. The number of ether oxygens (including phenoxy) is 1. The minimum Gasteiger partial charge on any atom is -0.467 e. The predicted octanol–water partition coefficient (Wildman–Crippen LogP) is 1.09. The molecule has 23 heavy (non-hydrogen) atoms. The molecule has 6 heteroatoms. The molecule has 6 nitrogen and oxygen atoms in total. The number of aromatic nitrogens is 1. The van der Waals surface area contributed by atoms with Crippen molar-refractivity contribution in [2.45, 2.75) is 25.5 Å². The molecule has 0 spiro atoms. The molecule has 1 fully saturated rings. The first-order valence-electron chi connectivity index (χ1n) is 7.64. The summed E-state index contributed by atoms with van der Waals surface area (Å²) in [6, 6.07) is 7.06. The number of likely N-dealkylation sites (tertiary alicyclic amines) is 1. The molecule has 1 aliphatic rings. The van der Waals surface area contributed by atoms with Crippen LogP contribution in [0.5, 0.6) is 0 Å². The van der Waals surface area contributed by atoms with Gasteiger partial charge in [-0.05, 0) is 11.6 Å². The van der Waals surface area contributed by atoms with E-state index >= 15 is 0 Å². The highest BCUT2D eigenvalue weighted by atomic mass is 16.5. The average Bonchev–Trinajstić information content (AvgIpc) is 3.08. The van der Waals surface area contributed by atoms with Crippen LogP contribution in [0.4, 0.5) is 0 Å². The van der Waals surface area contributed by atoms with Gasteiger partial charge in [0, 0.05) is 30.1 Å². The van der Waals surface area contributed by atoms with Crippen LogP contribution in [0, 0.1) is 5.92 Å². The number of amides is 1. The standard InChI is InChI=1S/C17H20N2O4/c1-10-15(20)9-19(16(10)21)14(17(22)23-2)7-11-8-18-13-6-4-3-5-12(11)13/h3-6,8,10,14-15,18,20H,7,9H2,1-2H3/t10-,14-,15-/m0/s1. The number of nitrogens with zero attached hydrogens (tertiary/aromatic N) is 1. The maximum atomic E-state index is 12.3. The van der Waals surface area contributed by atoms with E-state index in [9.17, 15) is 14.7 Å². The third-order valence-electron chi connectivity index (χ3n) is 4.57. The van der Waals surface area contributed by atoms with Crippen LogP contribution in [0.15, 0.2) is 30.5 Å². The molecule has 1 saturated heterocycles. The summed E-state index contributed by atoms with van der Waals surface area (Å²) in [6.45, 7) is 1.83. The monoisotopic (exact) mass is 316 g/mol. The smallest absolute Gasteiger partial charge is 0.328 e. The highest BCUT2D eigenvalue weighted by Crippen LogP contribution is 2.25. The zero-order valence-corrected chi connectivity index (χ0v) is 13.2. The largest absolute Gasteiger partial charge is 0.467 e. The van der Waals surface area contributed by atoms with Crippen molar-refractivity contribution in [3.8, 4) is 0 Å². The molecule has 2 N–H and O–H groups in total. The zero-order valence-electron chi connectivity index (χ0n) is 13.2. The van der Waals surface area contributed by atoms with Crippen molar-refractivity contribution in [1.82, 2.24) is 9.88 Å². The quantitative estimate of drug-likeness (QED) is 0.827. The molecule has 3 rings (SSSR count). The van der Waals surface area contributed by atoms with Crippen LogP contribution in [0.2, 0.25) is 0 Å². The Bertz CT molecular complexity index is 739. The number of aromatic amines is 1. The van der Waals surface area contributed by atoms with E-state index in [-0.39, 0.29) is 12.5 Å². The van der Waals surface area contributed by atoms with E-state index < -0.39 is 24.0 Å². The molecule has 3 atom stereocenters. The lowest BCUT2D eigenvalue weighted by Crippen LogP contribution is -2.45. The van der Waals surface area contributed by atoms with Gasteiger partial charge < -0.3 is 19.7 Å². The summed E-state index contributed by atoms with van der Waals surface area (Å²) >= 11 is 0. The van der Waals surface area contributed by atoms with Crippen molar-refractivity contribution in [3.05, 3.63) is 36.0 Å². The number of hydrogen-bond donors (Lipinski definition) is 2. The SMILES string of the molecule is COC(=O)[C@H](Cc1c[nH]c2ccccc12)N1C[C@H](O)[C@H](C)C1=O. The van der Waals surface area contributed by atoms with Gasteiger partial charge >= 0.3 is 5.97 Å². The Kier molecular flexibility index (Phi) is 4.09. The second-order valence-electron chi connectivity index (χ2n) is 5.95. The molecule has 122 valence electrons. The zero-order chi connectivity index (χ0) is 16.6. The van der Waals surface area contributed by atoms with Gasteiger partial charge in [-0.3, -0.25) is 4.79 Å². The van der Waals surface area contributed by atoms with Crippen molar-refractivity contribution >= 4 is 22.8 Å². The second-order valence-corrected chi connectivity index (χ2v) is 5.95. The molecular weight excluding hydrogens is 296 g/mol. The van der Waals surface area contributed by atoms with Crippen molar-refractivity contribution in [1.29, 1.82) is 0 Å². The minimum atomic E-state index is -0.752. The molecule has 2 aromatic rings. The number of carbonyl (C=O) groups excluding carboxylic acids is 2. The molecule has 1 aliphatic heterocycles. The minimum absolute atomic E-state index is 0.155. The van der Waals surface area contributed by atoms with Gasteiger partial charge in [0.2, 0.25) is 5.91 Å². The maximum Gasteiger partial charge on any atom is 0.328 e. The average molecular weight is 316 g/mol. The molecule has 1 aromatic carbocycles. The molecule has 0 unspecified atom stereocenters. The van der Waals surface area contributed by atoms with E-state index in [1.807, 2.05) is 30.5 Å². The summed E-state index contributed by atoms with van der Waals surface area (Å²) in [5.41, 5.74) is 1.92. The molecule has 2 heterocycles. The van der Waals surface area contributed by atoms with Crippen LogP contribution in [0.3, 0.4) is 0 Å². The molecule has 0 radical (unpaired) electrons. The van der Waals surface area contributed by atoms with Gasteiger partial charge in [0.05, 0.1) is 19.1 Å². The van der Waals surface area contributed by atoms with Crippen LogP contribution in [0.1, 0.15) is 12.5 Å². The number of hydrogen-bond acceptors (Lipinski definition) is 4. The Morgan fingerprint density at radius 1 is 1.48 bits per heavy atom. The summed E-state index contributed by atoms with van der Waals surface area (Å²) in [5, 5.41) is 10.9. The first-order chi connectivity index (χ1) is 11.0. The van der Waals surface area contributed by atoms with Crippen LogP contribution in [-0.2, 0) is 20.7 Å². The molecular formula is C17H20N2O4. The number of H-pyrrole nitrogens is 1. The number of β-amino-alcohol motifs (C(OH)–C–C–N with tert-alkyl or cyclic N) is 1. The van der Waals surface area contributed by atoms with Crippen molar-refractivity contribution in [3.63, 3.8) is 0 Å². The van der Waals surface area contributed by atoms with Crippen LogP contribution in [0.25, 0.3) is 10.9 Å². The molecule has 1 aromatic heterocycles. The number of para-hydroxylation sites is 1. The topological polar surface area (TPSA) is 82.6 Å². The van der Waals surface area contributed by atoms with Crippen LogP contribution >= 0.6 is 0 Å². The fraction of sp³-hybridized carbons (Fsp3) is 0.412. The predicted molar refractivity (Wildman–Crippen MR) is 84.7 cm³/mol. The van der Waals surface area contributed by atoms with Crippen molar-refractivity contribution < 1.29 is 19.4 Å². The number of esters is 1. The third-order valence-corrected chi connectivity index (χ3v) is 4.57. The number of fused-ring (bicyclic) bond motifs is 1. The molecule has 0 bridgehead atoms. The lowest BCUT2D eigenvalue weighted by Gasteiger charge is -2.25. The Balaban J connectivity index is 1.91. The number of aliphatic hydroxyl groups excluding tert-OH is 1. The van der Waals surface area contributed by atoms with Crippen molar-refractivity contribution in [2.75, 3.05) is 13.7 Å². The number of aliphatic hydroxyl groups is 1. The van der Waals surface area contributed by atoms with Gasteiger partial charge in [-0.15, -0.1) is 0 Å². The highest BCUT2D eigenvalue weighted by molar-refractivity contribution is 5.89. The van der Waals surface area contributed by atoms with Gasteiger partial charge in [-0.25, -0.2) is 4.79 Å². The van der Waals surface area contributed by atoms with E-state index in [0.717, 1.165) is 16.5 Å². The van der Waals surface area contributed by atoms with E-state index in [2.05, 4.69) is 4.98 Å². The van der Waals surface area contributed by atoms with E-state index in [1.54, 1.807) is 6.92 Å². The summed E-state index contributed by atoms with van der Waals surface area (Å²) in [6.07, 6.45) is 1.45. The lowest BCUT2D eigenvalue weighted by atomic mass is 10.0. The summed E-state index contributed by atoms with van der Waals surface area (Å²) < 4.78 is 4.88. The van der Waals surface area contributed by atoms with Crippen molar-refractivity contribution in [2.24, 2.45) is 5.92 Å².